The summed E-state index contributed by atoms with van der Waals surface area (Å²) in [7, 11) is 1.48. The fourth-order valence-electron chi connectivity index (χ4n) is 3.09. The third kappa shape index (κ3) is 3.43. The molecule has 0 spiro atoms. The van der Waals surface area contributed by atoms with Crippen LogP contribution in [0, 0.1) is 0 Å². The van der Waals surface area contributed by atoms with E-state index >= 15 is 0 Å². The third-order valence-electron chi connectivity index (χ3n) is 4.45. The van der Waals surface area contributed by atoms with Gasteiger partial charge < -0.3 is 14.2 Å². The zero-order valence-corrected chi connectivity index (χ0v) is 15.4. The molecule has 0 N–H and O–H groups in total. The van der Waals surface area contributed by atoms with E-state index in [9.17, 15) is 9.59 Å². The molecule has 2 aromatic carbocycles. The van der Waals surface area contributed by atoms with Crippen molar-refractivity contribution in [2.75, 3.05) is 7.11 Å². The number of ketones is 1. The Morgan fingerprint density at radius 2 is 1.85 bits per heavy atom. The number of benzene rings is 2. The number of hydrogen-bond donors (Lipinski definition) is 0. The van der Waals surface area contributed by atoms with Crippen LogP contribution in [0.15, 0.2) is 36.4 Å². The predicted octanol–water partition coefficient (Wildman–Crippen LogP) is 4.22. The predicted molar refractivity (Wildman–Crippen MR) is 97.4 cm³/mol. The lowest BCUT2D eigenvalue weighted by atomic mass is 9.91. The van der Waals surface area contributed by atoms with E-state index in [1.165, 1.54) is 14.0 Å². The van der Waals surface area contributed by atoms with Gasteiger partial charge in [-0.1, -0.05) is 18.2 Å². The Hall–Kier alpha value is -2.82. The average Bonchev–Trinajstić information content (AvgIpc) is 2.60. The van der Waals surface area contributed by atoms with Crippen LogP contribution in [0.4, 0.5) is 0 Å². The molecule has 0 aliphatic carbocycles. The monoisotopic (exact) mass is 354 g/mol. The maximum absolute atomic E-state index is 12.6. The van der Waals surface area contributed by atoms with Gasteiger partial charge in [-0.15, -0.1) is 0 Å². The number of esters is 1. The van der Waals surface area contributed by atoms with Crippen LogP contribution in [0.1, 0.15) is 53.5 Å². The molecule has 0 aromatic heterocycles. The standard InChI is InChI=1S/C21H22O5/c1-13(22)18-17(24-4)12-16-15(10-11-21(2,3)26-16)19(18)25-20(23)14-8-6-5-7-9-14/h5-9,12H,10-11H2,1-4H3. The lowest BCUT2D eigenvalue weighted by Gasteiger charge is -2.34. The molecule has 1 aliphatic heterocycles. The number of ether oxygens (including phenoxy) is 3. The molecule has 0 unspecified atom stereocenters. The smallest absolute Gasteiger partial charge is 0.343 e. The van der Waals surface area contributed by atoms with E-state index in [1.54, 1.807) is 30.3 Å². The fourth-order valence-corrected chi connectivity index (χ4v) is 3.09. The SMILES string of the molecule is COc1cc2c(c(OC(=O)c3ccccc3)c1C(C)=O)CCC(C)(C)O2. The van der Waals surface area contributed by atoms with Crippen molar-refractivity contribution in [3.63, 3.8) is 0 Å². The van der Waals surface area contributed by atoms with Crippen LogP contribution in [0.25, 0.3) is 0 Å². The van der Waals surface area contributed by atoms with Crippen LogP contribution in [0.5, 0.6) is 17.2 Å². The molecular weight excluding hydrogens is 332 g/mol. The molecule has 5 nitrogen and oxygen atoms in total. The molecule has 2 aromatic rings. The van der Waals surface area contributed by atoms with Crippen molar-refractivity contribution in [3.8, 4) is 17.2 Å². The molecule has 136 valence electrons. The lowest BCUT2D eigenvalue weighted by molar-refractivity contribution is 0.0707. The van der Waals surface area contributed by atoms with Gasteiger partial charge in [0.25, 0.3) is 0 Å². The van der Waals surface area contributed by atoms with Gasteiger partial charge in [-0.05, 0) is 45.7 Å². The summed E-state index contributed by atoms with van der Waals surface area (Å²) in [6.45, 7) is 5.42. The number of Topliss-reactive ketones (excluding diaryl/α,β-unsaturated/α-hetero) is 1. The highest BCUT2D eigenvalue weighted by Crippen LogP contribution is 2.45. The van der Waals surface area contributed by atoms with Crippen LogP contribution in [0.2, 0.25) is 0 Å². The van der Waals surface area contributed by atoms with E-state index in [-0.39, 0.29) is 22.7 Å². The molecule has 5 heteroatoms. The third-order valence-corrected chi connectivity index (χ3v) is 4.45. The largest absolute Gasteiger partial charge is 0.496 e. The van der Waals surface area contributed by atoms with Crippen molar-refractivity contribution >= 4 is 11.8 Å². The minimum atomic E-state index is -0.520. The van der Waals surface area contributed by atoms with Gasteiger partial charge in [-0.25, -0.2) is 4.79 Å². The van der Waals surface area contributed by atoms with E-state index in [1.807, 2.05) is 19.9 Å². The first-order valence-electron chi connectivity index (χ1n) is 8.53. The zero-order chi connectivity index (χ0) is 18.9. The van der Waals surface area contributed by atoms with Gasteiger partial charge in [0.15, 0.2) is 11.5 Å². The Bertz CT molecular complexity index is 852. The Kier molecular flexibility index (Phi) is 4.72. The Morgan fingerprint density at radius 3 is 2.46 bits per heavy atom. The van der Waals surface area contributed by atoms with Gasteiger partial charge in [0.05, 0.1) is 12.7 Å². The van der Waals surface area contributed by atoms with E-state index < -0.39 is 5.97 Å². The van der Waals surface area contributed by atoms with E-state index in [2.05, 4.69) is 0 Å². The second-order valence-corrected chi connectivity index (χ2v) is 6.93. The summed E-state index contributed by atoms with van der Waals surface area (Å²) >= 11 is 0. The summed E-state index contributed by atoms with van der Waals surface area (Å²) in [5, 5.41) is 0. The number of rotatable bonds is 4. The topological polar surface area (TPSA) is 61.8 Å². The molecule has 1 aliphatic rings. The van der Waals surface area contributed by atoms with Crippen molar-refractivity contribution < 1.29 is 23.8 Å². The molecule has 0 amide bonds. The first kappa shape index (κ1) is 18.0. The summed E-state index contributed by atoms with van der Waals surface area (Å²) in [6, 6.07) is 10.4. The highest BCUT2D eigenvalue weighted by molar-refractivity contribution is 6.02. The molecule has 0 saturated heterocycles. The van der Waals surface area contributed by atoms with Crippen molar-refractivity contribution in [1.82, 2.24) is 0 Å². The second-order valence-electron chi connectivity index (χ2n) is 6.93. The molecule has 3 rings (SSSR count). The van der Waals surface area contributed by atoms with Crippen LogP contribution >= 0.6 is 0 Å². The Balaban J connectivity index is 2.12. The molecule has 0 saturated carbocycles. The molecule has 0 atom stereocenters. The minimum absolute atomic E-state index is 0.231. The molecule has 26 heavy (non-hydrogen) atoms. The van der Waals surface area contributed by atoms with E-state index in [4.69, 9.17) is 14.2 Å². The zero-order valence-electron chi connectivity index (χ0n) is 15.4. The molecular formula is C21H22O5. The molecule has 0 fully saturated rings. The number of fused-ring (bicyclic) bond motifs is 1. The van der Waals surface area contributed by atoms with Crippen molar-refractivity contribution in [1.29, 1.82) is 0 Å². The number of carbonyl (C=O) groups excluding carboxylic acids is 2. The van der Waals surface area contributed by atoms with E-state index in [0.717, 1.165) is 12.0 Å². The van der Waals surface area contributed by atoms with Gasteiger partial charge in [0.2, 0.25) is 0 Å². The fraction of sp³-hybridized carbons (Fsp3) is 0.333. The maximum Gasteiger partial charge on any atom is 0.343 e. The number of hydrogen-bond acceptors (Lipinski definition) is 5. The minimum Gasteiger partial charge on any atom is -0.496 e. The second kappa shape index (κ2) is 6.83. The van der Waals surface area contributed by atoms with Crippen molar-refractivity contribution in [2.45, 2.75) is 39.2 Å². The van der Waals surface area contributed by atoms with Gasteiger partial charge in [-0.2, -0.15) is 0 Å². The van der Waals surface area contributed by atoms with Gasteiger partial charge in [0, 0.05) is 11.6 Å². The van der Waals surface area contributed by atoms with Crippen LogP contribution in [-0.4, -0.2) is 24.5 Å². The van der Waals surface area contributed by atoms with Crippen molar-refractivity contribution in [3.05, 3.63) is 53.1 Å². The van der Waals surface area contributed by atoms with Gasteiger partial charge in [-0.3, -0.25) is 4.79 Å². The highest BCUT2D eigenvalue weighted by atomic mass is 16.5. The quantitative estimate of drug-likeness (QED) is 0.467. The summed E-state index contributed by atoms with van der Waals surface area (Å²) < 4.78 is 17.1. The van der Waals surface area contributed by atoms with Crippen molar-refractivity contribution in [2.24, 2.45) is 0 Å². The normalized spacial score (nSPS) is 14.8. The molecule has 1 heterocycles. The number of carbonyl (C=O) groups is 2. The first-order chi connectivity index (χ1) is 12.3. The van der Waals surface area contributed by atoms with Gasteiger partial charge >= 0.3 is 5.97 Å². The summed E-state index contributed by atoms with van der Waals surface area (Å²) in [4.78, 5) is 24.9. The first-order valence-corrected chi connectivity index (χ1v) is 8.53. The van der Waals surface area contributed by atoms with Crippen LogP contribution < -0.4 is 14.2 Å². The average molecular weight is 354 g/mol. The summed E-state index contributed by atoms with van der Waals surface area (Å²) in [5.74, 6) is 0.402. The summed E-state index contributed by atoms with van der Waals surface area (Å²) in [6.07, 6.45) is 1.39. The summed E-state index contributed by atoms with van der Waals surface area (Å²) in [5.41, 5.74) is 1.06. The Labute approximate surface area is 152 Å². The maximum atomic E-state index is 12.6. The Morgan fingerprint density at radius 1 is 1.15 bits per heavy atom. The van der Waals surface area contributed by atoms with Crippen LogP contribution in [0.3, 0.4) is 0 Å². The molecule has 0 bridgehead atoms. The number of methoxy groups -OCH3 is 1. The molecule has 0 radical (unpaired) electrons. The van der Waals surface area contributed by atoms with Crippen LogP contribution in [-0.2, 0) is 6.42 Å². The van der Waals surface area contributed by atoms with Gasteiger partial charge in [0.1, 0.15) is 22.7 Å². The van der Waals surface area contributed by atoms with E-state index in [0.29, 0.717) is 23.5 Å². The highest BCUT2D eigenvalue weighted by Gasteiger charge is 2.33. The lowest BCUT2D eigenvalue weighted by Crippen LogP contribution is -2.33.